The molecule has 2 aromatic carbocycles. The summed E-state index contributed by atoms with van der Waals surface area (Å²) >= 11 is 0. The number of aryl methyl sites for hydroxylation is 1. The highest BCUT2D eigenvalue weighted by atomic mass is 16.3. The third-order valence-electron chi connectivity index (χ3n) is 5.72. The van der Waals surface area contributed by atoms with Gasteiger partial charge in [-0.2, -0.15) is 0 Å². The summed E-state index contributed by atoms with van der Waals surface area (Å²) in [7, 11) is 0. The summed E-state index contributed by atoms with van der Waals surface area (Å²) in [4.78, 5) is 15.0. The molecule has 2 heterocycles. The minimum absolute atomic E-state index is 0.0866. The van der Waals surface area contributed by atoms with Crippen molar-refractivity contribution < 1.29 is 9.90 Å². The van der Waals surface area contributed by atoms with Crippen LogP contribution >= 0.6 is 0 Å². The molecule has 3 aliphatic rings. The van der Waals surface area contributed by atoms with Gasteiger partial charge in [0.05, 0.1) is 0 Å². The van der Waals surface area contributed by atoms with Crippen molar-refractivity contribution in [3.8, 4) is 5.75 Å². The first-order valence-electron chi connectivity index (χ1n) is 8.75. The summed E-state index contributed by atoms with van der Waals surface area (Å²) in [6.45, 7) is 3.03. The van der Waals surface area contributed by atoms with Gasteiger partial charge >= 0.3 is 0 Å². The highest BCUT2D eigenvalue weighted by molar-refractivity contribution is 5.84. The number of hydrogen-bond donors (Lipinski definition) is 1. The summed E-state index contributed by atoms with van der Waals surface area (Å²) < 4.78 is 0. The smallest absolute Gasteiger partial charge is 0.139 e. The predicted molar refractivity (Wildman–Crippen MR) is 93.7 cm³/mol. The lowest BCUT2D eigenvalue weighted by Crippen LogP contribution is -2.53. The fourth-order valence-electron chi connectivity index (χ4n) is 4.40. The molecule has 1 N–H and O–H groups in total. The summed E-state index contributed by atoms with van der Waals surface area (Å²) in [5.41, 5.74) is 3.78. The van der Waals surface area contributed by atoms with Crippen LogP contribution in [0.2, 0.25) is 0 Å². The molecule has 1 aliphatic carbocycles. The van der Waals surface area contributed by atoms with Crippen LogP contribution in [-0.2, 0) is 11.3 Å². The SMILES string of the molecule is Cc1ccccc1CN1C2CCC(C(=O)C2)C1c1ccc(O)cc1. The highest BCUT2D eigenvalue weighted by Gasteiger charge is 2.47. The molecule has 2 aliphatic heterocycles. The molecule has 3 fully saturated rings. The van der Waals surface area contributed by atoms with Crippen molar-refractivity contribution in [1.29, 1.82) is 0 Å². The molecule has 2 saturated heterocycles. The molecular formula is C21H23NO2. The van der Waals surface area contributed by atoms with Gasteiger partial charge in [0.1, 0.15) is 11.5 Å². The lowest BCUT2D eigenvalue weighted by molar-refractivity contribution is -0.138. The Morgan fingerprint density at radius 3 is 2.54 bits per heavy atom. The molecular weight excluding hydrogens is 298 g/mol. The topological polar surface area (TPSA) is 40.5 Å². The van der Waals surface area contributed by atoms with E-state index in [-0.39, 0.29) is 17.7 Å². The van der Waals surface area contributed by atoms with E-state index >= 15 is 0 Å². The Hall–Kier alpha value is -2.13. The number of rotatable bonds is 3. The average Bonchev–Trinajstić information content (AvgIpc) is 2.59. The molecule has 5 rings (SSSR count). The van der Waals surface area contributed by atoms with E-state index in [1.807, 2.05) is 12.1 Å². The molecule has 0 aromatic heterocycles. The number of carbonyl (C=O) groups is 1. The molecule has 124 valence electrons. The van der Waals surface area contributed by atoms with E-state index in [9.17, 15) is 9.90 Å². The van der Waals surface area contributed by atoms with Gasteiger partial charge < -0.3 is 5.11 Å². The Bertz CT molecular complexity index is 753. The monoisotopic (exact) mass is 321 g/mol. The molecule has 3 atom stereocenters. The molecule has 2 bridgehead atoms. The van der Waals surface area contributed by atoms with Crippen molar-refractivity contribution in [2.75, 3.05) is 0 Å². The van der Waals surface area contributed by atoms with Gasteiger partial charge in [-0.05, 0) is 48.6 Å². The lowest BCUT2D eigenvalue weighted by Gasteiger charge is -2.51. The Labute approximate surface area is 142 Å². The van der Waals surface area contributed by atoms with E-state index in [0.717, 1.165) is 24.9 Å². The van der Waals surface area contributed by atoms with Crippen LogP contribution in [0.15, 0.2) is 48.5 Å². The van der Waals surface area contributed by atoms with Crippen LogP contribution in [-0.4, -0.2) is 21.8 Å². The van der Waals surface area contributed by atoms with Crippen LogP contribution in [0.1, 0.15) is 42.0 Å². The van der Waals surface area contributed by atoms with E-state index in [2.05, 4.69) is 36.1 Å². The van der Waals surface area contributed by atoms with E-state index in [1.165, 1.54) is 11.1 Å². The number of benzene rings is 2. The van der Waals surface area contributed by atoms with Crippen LogP contribution in [0, 0.1) is 12.8 Å². The van der Waals surface area contributed by atoms with E-state index in [0.29, 0.717) is 18.2 Å². The second-order valence-corrected chi connectivity index (χ2v) is 7.14. The van der Waals surface area contributed by atoms with Gasteiger partial charge in [0.2, 0.25) is 0 Å². The van der Waals surface area contributed by atoms with Gasteiger partial charge in [-0.15, -0.1) is 0 Å². The number of piperidine rings is 2. The minimum Gasteiger partial charge on any atom is -0.508 e. The van der Waals surface area contributed by atoms with E-state index in [4.69, 9.17) is 0 Å². The Kier molecular flexibility index (Phi) is 3.89. The van der Waals surface area contributed by atoms with E-state index < -0.39 is 0 Å². The average molecular weight is 321 g/mol. The molecule has 24 heavy (non-hydrogen) atoms. The Morgan fingerprint density at radius 2 is 1.83 bits per heavy atom. The van der Waals surface area contributed by atoms with Crippen molar-refractivity contribution in [1.82, 2.24) is 4.90 Å². The summed E-state index contributed by atoms with van der Waals surface area (Å²) in [6.07, 6.45) is 2.78. The maximum absolute atomic E-state index is 12.5. The van der Waals surface area contributed by atoms with Crippen molar-refractivity contribution in [2.24, 2.45) is 5.92 Å². The molecule has 0 radical (unpaired) electrons. The number of ketones is 1. The van der Waals surface area contributed by atoms with Crippen LogP contribution in [0.25, 0.3) is 0 Å². The van der Waals surface area contributed by atoms with Crippen molar-refractivity contribution in [3.63, 3.8) is 0 Å². The molecule has 0 spiro atoms. The number of aromatic hydroxyl groups is 1. The van der Waals surface area contributed by atoms with Crippen molar-refractivity contribution >= 4 is 5.78 Å². The first-order valence-corrected chi connectivity index (χ1v) is 8.75. The molecule has 3 nitrogen and oxygen atoms in total. The number of fused-ring (bicyclic) bond motifs is 3. The predicted octanol–water partition coefficient (Wildman–Crippen LogP) is 4.00. The zero-order valence-electron chi connectivity index (χ0n) is 14.0. The zero-order valence-corrected chi connectivity index (χ0v) is 14.0. The quantitative estimate of drug-likeness (QED) is 0.929. The fraction of sp³-hybridized carbons (Fsp3) is 0.381. The summed E-state index contributed by atoms with van der Waals surface area (Å²) in [5, 5.41) is 9.60. The number of phenols is 1. The number of nitrogens with zero attached hydrogens (tertiary/aromatic N) is 1. The third-order valence-corrected chi connectivity index (χ3v) is 5.72. The molecule has 3 heteroatoms. The second kappa shape index (κ2) is 6.06. The lowest BCUT2D eigenvalue weighted by atomic mass is 9.71. The van der Waals surface area contributed by atoms with Crippen LogP contribution in [0.3, 0.4) is 0 Å². The van der Waals surface area contributed by atoms with Crippen LogP contribution in [0.5, 0.6) is 5.75 Å². The first kappa shape index (κ1) is 15.4. The van der Waals surface area contributed by atoms with Gasteiger partial charge in [-0.3, -0.25) is 9.69 Å². The standard InChI is InChI=1S/C21H23NO2/c1-14-4-2-3-5-16(14)13-22-17-8-11-19(20(24)12-17)21(22)15-6-9-18(23)10-7-15/h2-7,9-10,17,19,21,23H,8,11-13H2,1H3. The highest BCUT2D eigenvalue weighted by Crippen LogP contribution is 2.46. The minimum atomic E-state index is 0.0866. The molecule has 3 unspecified atom stereocenters. The first-order chi connectivity index (χ1) is 11.6. The maximum Gasteiger partial charge on any atom is 0.139 e. The van der Waals surface area contributed by atoms with Gasteiger partial charge in [-0.1, -0.05) is 36.4 Å². The number of Topliss-reactive ketones (excluding diaryl/α,β-unsaturated/α-hetero) is 1. The summed E-state index contributed by atoms with van der Waals surface area (Å²) in [5.74, 6) is 0.769. The Balaban J connectivity index is 1.71. The van der Waals surface area contributed by atoms with E-state index in [1.54, 1.807) is 12.1 Å². The van der Waals surface area contributed by atoms with Crippen molar-refractivity contribution in [2.45, 2.75) is 44.8 Å². The van der Waals surface area contributed by atoms with Gasteiger partial charge in [0.25, 0.3) is 0 Å². The largest absolute Gasteiger partial charge is 0.508 e. The number of carbonyl (C=O) groups excluding carboxylic acids is 1. The van der Waals surface area contributed by atoms with Gasteiger partial charge in [0.15, 0.2) is 0 Å². The van der Waals surface area contributed by atoms with Gasteiger partial charge in [-0.25, -0.2) is 0 Å². The Morgan fingerprint density at radius 1 is 1.08 bits per heavy atom. The molecule has 2 aromatic rings. The molecule has 1 saturated carbocycles. The van der Waals surface area contributed by atoms with Crippen molar-refractivity contribution in [3.05, 3.63) is 65.2 Å². The third kappa shape index (κ3) is 2.63. The normalized spacial score (nSPS) is 26.7. The number of hydrogen-bond acceptors (Lipinski definition) is 3. The van der Waals surface area contributed by atoms with Crippen LogP contribution in [0.4, 0.5) is 0 Å². The van der Waals surface area contributed by atoms with Gasteiger partial charge in [0, 0.05) is 31.0 Å². The summed E-state index contributed by atoms with van der Waals surface area (Å²) in [6, 6.07) is 16.4. The van der Waals surface area contributed by atoms with Crippen LogP contribution < -0.4 is 0 Å². The molecule has 0 amide bonds. The second-order valence-electron chi connectivity index (χ2n) is 7.14. The fourth-order valence-corrected chi connectivity index (χ4v) is 4.40. The number of phenolic OH excluding ortho intramolecular Hbond substituents is 1. The zero-order chi connectivity index (χ0) is 16.7. The maximum atomic E-state index is 12.5.